The average Bonchev–Trinajstić information content (AvgIpc) is 3.72. The molecule has 2 heteroatoms. The van der Waals surface area contributed by atoms with Crippen LogP contribution in [0.1, 0.15) is 0 Å². The van der Waals surface area contributed by atoms with Crippen LogP contribution < -0.4 is 0 Å². The zero-order valence-electron chi connectivity index (χ0n) is 25.8. The third-order valence-corrected chi connectivity index (χ3v) is 11.4. The maximum Gasteiger partial charge on any atom is 0.143 e. The Kier molecular flexibility index (Phi) is 5.32. The lowest BCUT2D eigenvalue weighted by Gasteiger charge is -2.19. The van der Waals surface area contributed by atoms with Crippen molar-refractivity contribution in [3.63, 3.8) is 0 Å². The quantitative estimate of drug-likeness (QED) is 0.174. The lowest BCUT2D eigenvalue weighted by atomic mass is 9.83. The Balaban J connectivity index is 1.35. The summed E-state index contributed by atoms with van der Waals surface area (Å²) in [5.41, 5.74) is 6.91. The van der Waals surface area contributed by atoms with Crippen molar-refractivity contribution >= 4 is 96.5 Å². The molecule has 48 heavy (non-hydrogen) atoms. The highest BCUT2D eigenvalue weighted by Gasteiger charge is 2.24. The van der Waals surface area contributed by atoms with Gasteiger partial charge >= 0.3 is 0 Å². The molecule has 0 atom stereocenters. The second-order valence-electron chi connectivity index (χ2n) is 12.7. The number of hydrogen-bond acceptors (Lipinski definition) is 2. The van der Waals surface area contributed by atoms with Crippen LogP contribution >= 0.6 is 11.3 Å². The maximum atomic E-state index is 6.90. The van der Waals surface area contributed by atoms with Crippen LogP contribution in [-0.4, -0.2) is 0 Å². The Labute approximate surface area is 279 Å². The van der Waals surface area contributed by atoms with E-state index in [2.05, 4.69) is 158 Å². The number of thiophene rings is 1. The summed E-state index contributed by atoms with van der Waals surface area (Å²) in [5.74, 6) is 0. The highest BCUT2D eigenvalue weighted by Crippen LogP contribution is 2.52. The zero-order valence-corrected chi connectivity index (χ0v) is 26.6. The van der Waals surface area contributed by atoms with Crippen LogP contribution in [-0.2, 0) is 0 Å². The van der Waals surface area contributed by atoms with Crippen LogP contribution in [0.15, 0.2) is 162 Å². The van der Waals surface area contributed by atoms with E-state index in [0.29, 0.717) is 0 Å². The van der Waals surface area contributed by atoms with Crippen LogP contribution in [0, 0.1) is 0 Å². The summed E-state index contributed by atoms with van der Waals surface area (Å²) >= 11 is 1.88. The number of hydrogen-bond donors (Lipinski definition) is 0. The van der Waals surface area contributed by atoms with Crippen molar-refractivity contribution < 1.29 is 4.42 Å². The maximum absolute atomic E-state index is 6.90. The third kappa shape index (κ3) is 3.50. The van der Waals surface area contributed by atoms with Crippen LogP contribution in [0.2, 0.25) is 0 Å². The highest BCUT2D eigenvalue weighted by atomic mass is 32.1. The van der Waals surface area contributed by atoms with Gasteiger partial charge in [0.05, 0.1) is 0 Å². The summed E-state index contributed by atoms with van der Waals surface area (Å²) in [5, 5.41) is 14.8. The van der Waals surface area contributed by atoms with Gasteiger partial charge in [-0.15, -0.1) is 11.3 Å². The Bertz CT molecular complexity index is 3060. The SMILES string of the molecule is c1ccc2c(-c3c4ccccc4c(-c4cc5oc6c7ccccc7ccc6c5c5sc6ccccc6c45)c4ccccc34)cccc2c1. The molecule has 222 valence electrons. The molecule has 0 saturated carbocycles. The smallest absolute Gasteiger partial charge is 0.143 e. The topological polar surface area (TPSA) is 13.1 Å². The van der Waals surface area contributed by atoms with Crippen LogP contribution in [0.3, 0.4) is 0 Å². The van der Waals surface area contributed by atoms with Gasteiger partial charge in [0.2, 0.25) is 0 Å². The normalized spacial score (nSPS) is 12.2. The first-order valence-corrected chi connectivity index (χ1v) is 17.3. The summed E-state index contributed by atoms with van der Waals surface area (Å²) < 4.78 is 9.47. The monoisotopic (exact) mass is 626 g/mol. The van der Waals surface area contributed by atoms with Crippen molar-refractivity contribution in [2.45, 2.75) is 0 Å². The van der Waals surface area contributed by atoms with E-state index < -0.39 is 0 Å². The van der Waals surface area contributed by atoms with Crippen molar-refractivity contribution in [1.29, 1.82) is 0 Å². The standard InChI is InChI=1S/C46H26OS/c1-3-15-29-27(12-1)14-11-22-31(29)41-32-17-5-7-19-34(32)42(35-20-8-6-18-33(35)41)38-26-39-44(46-43(38)36-21-9-10-23-40(36)48-46)37-25-24-28-13-2-4-16-30(28)45(37)47-39/h1-26H. The van der Waals surface area contributed by atoms with Crippen LogP contribution in [0.5, 0.6) is 0 Å². The van der Waals surface area contributed by atoms with Crippen molar-refractivity contribution in [2.24, 2.45) is 0 Å². The van der Waals surface area contributed by atoms with Crippen molar-refractivity contribution in [3.8, 4) is 22.3 Å². The molecule has 2 aromatic heterocycles. The van der Waals surface area contributed by atoms with E-state index in [9.17, 15) is 0 Å². The van der Waals surface area contributed by atoms with Crippen molar-refractivity contribution in [2.75, 3.05) is 0 Å². The number of benzene rings is 9. The fraction of sp³-hybridized carbons (Fsp3) is 0. The molecule has 0 N–H and O–H groups in total. The first-order chi connectivity index (χ1) is 23.8. The summed E-state index contributed by atoms with van der Waals surface area (Å²) in [7, 11) is 0. The predicted molar refractivity (Wildman–Crippen MR) is 208 cm³/mol. The summed E-state index contributed by atoms with van der Waals surface area (Å²) in [6.45, 7) is 0. The van der Waals surface area contributed by atoms with Crippen molar-refractivity contribution in [1.82, 2.24) is 0 Å². The molecule has 0 bridgehead atoms. The van der Waals surface area contributed by atoms with Gasteiger partial charge in [-0.05, 0) is 78.2 Å². The molecule has 9 aromatic carbocycles. The molecule has 1 nitrogen and oxygen atoms in total. The molecule has 0 spiro atoms. The van der Waals surface area contributed by atoms with Gasteiger partial charge in [-0.3, -0.25) is 0 Å². The Morgan fingerprint density at radius 2 is 0.917 bits per heavy atom. The Morgan fingerprint density at radius 3 is 1.62 bits per heavy atom. The summed E-state index contributed by atoms with van der Waals surface area (Å²) in [4.78, 5) is 0. The van der Waals surface area contributed by atoms with Gasteiger partial charge in [0.1, 0.15) is 11.2 Å². The summed E-state index contributed by atoms with van der Waals surface area (Å²) in [6, 6.07) is 57.6. The summed E-state index contributed by atoms with van der Waals surface area (Å²) in [6.07, 6.45) is 0. The Hall–Kier alpha value is -5.96. The lowest BCUT2D eigenvalue weighted by molar-refractivity contribution is 0.673. The molecule has 0 saturated heterocycles. The molecular formula is C46H26OS. The Morgan fingerprint density at radius 1 is 0.375 bits per heavy atom. The third-order valence-electron chi connectivity index (χ3n) is 10.2. The molecule has 11 rings (SSSR count). The molecular weight excluding hydrogens is 601 g/mol. The van der Waals surface area contributed by atoms with E-state index in [1.807, 2.05) is 11.3 Å². The van der Waals surface area contributed by atoms with E-state index in [0.717, 1.165) is 16.6 Å². The molecule has 0 aliphatic heterocycles. The first-order valence-electron chi connectivity index (χ1n) is 16.4. The number of rotatable bonds is 2. The molecule has 0 amide bonds. The highest BCUT2D eigenvalue weighted by molar-refractivity contribution is 7.27. The number of furan rings is 1. The van der Waals surface area contributed by atoms with Gasteiger partial charge < -0.3 is 4.42 Å². The van der Waals surface area contributed by atoms with E-state index >= 15 is 0 Å². The van der Waals surface area contributed by atoms with Gasteiger partial charge in [0.15, 0.2) is 0 Å². The molecule has 0 aliphatic carbocycles. The molecule has 11 aromatic rings. The first kappa shape index (κ1) is 26.1. The predicted octanol–water partition coefficient (Wildman–Crippen LogP) is 13.9. The largest absolute Gasteiger partial charge is 0.455 e. The molecule has 0 unspecified atom stereocenters. The minimum atomic E-state index is 0.932. The molecule has 0 aliphatic rings. The number of fused-ring (bicyclic) bond motifs is 12. The fourth-order valence-electron chi connectivity index (χ4n) is 8.22. The van der Waals surface area contributed by atoms with Crippen LogP contribution in [0.4, 0.5) is 0 Å². The average molecular weight is 627 g/mol. The van der Waals surface area contributed by atoms with E-state index in [1.165, 1.54) is 90.9 Å². The molecule has 0 radical (unpaired) electrons. The second kappa shape index (κ2) is 9.78. The van der Waals surface area contributed by atoms with E-state index in [1.54, 1.807) is 0 Å². The van der Waals surface area contributed by atoms with E-state index in [-0.39, 0.29) is 0 Å². The minimum absolute atomic E-state index is 0.932. The molecule has 0 fully saturated rings. The fourth-order valence-corrected chi connectivity index (χ4v) is 9.50. The van der Waals surface area contributed by atoms with Crippen molar-refractivity contribution in [3.05, 3.63) is 158 Å². The lowest BCUT2D eigenvalue weighted by Crippen LogP contribution is -1.92. The second-order valence-corrected chi connectivity index (χ2v) is 13.8. The van der Waals surface area contributed by atoms with Gasteiger partial charge in [0, 0.05) is 36.3 Å². The van der Waals surface area contributed by atoms with Gasteiger partial charge in [0.25, 0.3) is 0 Å². The van der Waals surface area contributed by atoms with Gasteiger partial charge in [-0.1, -0.05) is 140 Å². The van der Waals surface area contributed by atoms with E-state index in [4.69, 9.17) is 4.42 Å². The van der Waals surface area contributed by atoms with Gasteiger partial charge in [-0.25, -0.2) is 0 Å². The van der Waals surface area contributed by atoms with Gasteiger partial charge in [-0.2, -0.15) is 0 Å². The van der Waals surface area contributed by atoms with Crippen LogP contribution in [0.25, 0.3) is 107 Å². The molecule has 2 heterocycles. The zero-order chi connectivity index (χ0) is 31.3. The minimum Gasteiger partial charge on any atom is -0.455 e.